The smallest absolute Gasteiger partial charge is 0.194 e. The quantitative estimate of drug-likeness (QED) is 0.684. The van der Waals surface area contributed by atoms with Gasteiger partial charge in [0.15, 0.2) is 8.32 Å². The van der Waals surface area contributed by atoms with Crippen LogP contribution in [0, 0.1) is 6.73 Å². The Morgan fingerprint density at radius 1 is 1.06 bits per heavy atom. The molecule has 0 saturated carbocycles. The summed E-state index contributed by atoms with van der Waals surface area (Å²) >= 11 is 0. The van der Waals surface area contributed by atoms with E-state index in [1.54, 1.807) is 0 Å². The summed E-state index contributed by atoms with van der Waals surface area (Å²) in [5.74, 6) is 0. The minimum absolute atomic E-state index is 0.280. The van der Waals surface area contributed by atoms with Gasteiger partial charge in [-0.05, 0) is 24.7 Å². The molecule has 0 aliphatic heterocycles. The molecule has 1 radical (unpaired) electrons. The van der Waals surface area contributed by atoms with Gasteiger partial charge in [-0.2, -0.15) is 0 Å². The highest BCUT2D eigenvalue weighted by Crippen LogP contribution is 2.37. The second-order valence-electron chi connectivity index (χ2n) is 6.94. The van der Waals surface area contributed by atoms with E-state index in [-0.39, 0.29) is 5.04 Å². The molecule has 0 heterocycles. The van der Waals surface area contributed by atoms with Crippen LogP contribution in [0.4, 0.5) is 0 Å². The van der Waals surface area contributed by atoms with Crippen LogP contribution >= 0.6 is 0 Å². The lowest BCUT2D eigenvalue weighted by Crippen LogP contribution is -2.48. The zero-order valence-electron chi connectivity index (χ0n) is 12.6. The maximum atomic E-state index is 6.15. The van der Waals surface area contributed by atoms with Crippen LogP contribution in [-0.4, -0.2) is 27.7 Å². The van der Waals surface area contributed by atoms with Gasteiger partial charge in [-0.15, -0.1) is 0 Å². The van der Waals surface area contributed by atoms with Crippen molar-refractivity contribution in [2.45, 2.75) is 65.5 Å². The molecule has 0 aliphatic carbocycles. The molecule has 4 heteroatoms. The number of hydrogen-bond donors (Lipinski definition) is 0. The van der Waals surface area contributed by atoms with Crippen molar-refractivity contribution < 1.29 is 4.43 Å². The molecule has 0 aliphatic rings. The molecule has 0 N–H and O–H groups in total. The lowest BCUT2D eigenvalue weighted by atomic mass is 10.2. The summed E-state index contributed by atoms with van der Waals surface area (Å²) in [6, 6.07) is 0. The molecule has 0 bridgehead atoms. The SMILES string of the molecule is CCN([CH]O[Si](C)(C)C(C)(C)C)[Si](C)(C)C. The molecule has 0 aromatic rings. The molecule has 0 amide bonds. The molecule has 0 spiro atoms. The Hall–Kier alpha value is 0.354. The normalized spacial score (nSPS) is 14.6. The third-order valence-electron chi connectivity index (χ3n) is 3.48. The third-order valence-corrected chi connectivity index (χ3v) is 9.94. The predicted molar refractivity (Wildman–Crippen MR) is 78.3 cm³/mol. The van der Waals surface area contributed by atoms with Crippen LogP contribution in [0.2, 0.25) is 37.8 Å². The third kappa shape index (κ3) is 4.69. The molecule has 2 nitrogen and oxygen atoms in total. The summed E-state index contributed by atoms with van der Waals surface area (Å²) in [5.41, 5.74) is 0. The van der Waals surface area contributed by atoms with Crippen LogP contribution in [0.15, 0.2) is 0 Å². The summed E-state index contributed by atoms with van der Waals surface area (Å²) in [4.78, 5) is 0. The lowest BCUT2D eigenvalue weighted by molar-refractivity contribution is 0.265. The van der Waals surface area contributed by atoms with Crippen molar-refractivity contribution in [3.05, 3.63) is 6.73 Å². The Morgan fingerprint density at radius 2 is 1.50 bits per heavy atom. The Labute approximate surface area is 105 Å². The topological polar surface area (TPSA) is 12.5 Å². The average Bonchev–Trinajstić information content (AvgIpc) is 2.00. The highest BCUT2D eigenvalue weighted by molar-refractivity contribution is 6.75. The second kappa shape index (κ2) is 5.33. The maximum Gasteiger partial charge on any atom is 0.194 e. The van der Waals surface area contributed by atoms with Crippen LogP contribution in [0.3, 0.4) is 0 Å². The zero-order chi connectivity index (χ0) is 13.2. The maximum absolute atomic E-state index is 6.15. The molecular weight excluding hydrogens is 230 g/mol. The van der Waals surface area contributed by atoms with Crippen LogP contribution < -0.4 is 0 Å². The monoisotopic (exact) mass is 260 g/mol. The molecule has 0 aromatic carbocycles. The Bertz CT molecular complexity index is 216. The van der Waals surface area contributed by atoms with Crippen molar-refractivity contribution in [3.8, 4) is 0 Å². The number of hydrogen-bond acceptors (Lipinski definition) is 2. The predicted octanol–water partition coefficient (Wildman–Crippen LogP) is 4.28. The molecule has 0 aromatic heterocycles. The molecule has 0 rings (SSSR count). The summed E-state index contributed by atoms with van der Waals surface area (Å²) in [6.07, 6.45) is 0. The first-order valence-electron chi connectivity index (χ1n) is 6.19. The summed E-state index contributed by atoms with van der Waals surface area (Å²) in [6.45, 7) is 23.7. The van der Waals surface area contributed by atoms with Gasteiger partial charge >= 0.3 is 0 Å². The van der Waals surface area contributed by atoms with Gasteiger partial charge in [0.05, 0.1) is 0 Å². The lowest BCUT2D eigenvalue weighted by Gasteiger charge is -2.40. The van der Waals surface area contributed by atoms with E-state index in [4.69, 9.17) is 4.43 Å². The van der Waals surface area contributed by atoms with E-state index in [1.807, 2.05) is 6.73 Å². The van der Waals surface area contributed by atoms with E-state index in [9.17, 15) is 0 Å². The average molecular weight is 261 g/mol. The standard InChI is InChI=1S/C12H30NOSi2/c1-10-13(15(5,6)7)11-14-16(8,9)12(2,3)4/h11H,10H2,1-9H3. The van der Waals surface area contributed by atoms with E-state index in [1.165, 1.54) is 0 Å². The molecular formula is C12H30NOSi2. The van der Waals surface area contributed by atoms with E-state index < -0.39 is 16.6 Å². The van der Waals surface area contributed by atoms with Gasteiger partial charge in [0.25, 0.3) is 0 Å². The van der Waals surface area contributed by atoms with Gasteiger partial charge < -0.3 is 4.43 Å². The highest BCUT2D eigenvalue weighted by atomic mass is 28.4. The molecule has 16 heavy (non-hydrogen) atoms. The molecule has 97 valence electrons. The van der Waals surface area contributed by atoms with Gasteiger partial charge in [0.2, 0.25) is 0 Å². The molecule has 0 atom stereocenters. The van der Waals surface area contributed by atoms with Crippen LogP contribution in [0.5, 0.6) is 0 Å². The Balaban J connectivity index is 4.44. The first-order valence-corrected chi connectivity index (χ1v) is 12.6. The van der Waals surface area contributed by atoms with Crippen LogP contribution in [0.25, 0.3) is 0 Å². The fourth-order valence-corrected chi connectivity index (χ4v) is 3.25. The highest BCUT2D eigenvalue weighted by Gasteiger charge is 2.38. The van der Waals surface area contributed by atoms with E-state index in [0.29, 0.717) is 0 Å². The summed E-state index contributed by atoms with van der Waals surface area (Å²) in [7, 11) is -2.91. The van der Waals surface area contributed by atoms with Crippen molar-refractivity contribution in [3.63, 3.8) is 0 Å². The Morgan fingerprint density at radius 3 is 1.75 bits per heavy atom. The van der Waals surface area contributed by atoms with Gasteiger partial charge in [-0.25, -0.2) is 0 Å². The van der Waals surface area contributed by atoms with Crippen molar-refractivity contribution >= 4 is 16.6 Å². The fourth-order valence-electron chi connectivity index (χ4n) is 1.08. The van der Waals surface area contributed by atoms with Gasteiger partial charge in [-0.1, -0.05) is 47.3 Å². The van der Waals surface area contributed by atoms with Crippen molar-refractivity contribution in [1.29, 1.82) is 0 Å². The van der Waals surface area contributed by atoms with Gasteiger partial charge in [0.1, 0.15) is 15.0 Å². The van der Waals surface area contributed by atoms with Crippen molar-refractivity contribution in [1.82, 2.24) is 4.57 Å². The Kier molecular flexibility index (Phi) is 5.45. The first kappa shape index (κ1) is 16.4. The minimum atomic E-state index is -1.64. The summed E-state index contributed by atoms with van der Waals surface area (Å²) in [5, 5.41) is 0.280. The largest absolute Gasteiger partial charge is 0.398 e. The van der Waals surface area contributed by atoms with E-state index >= 15 is 0 Å². The van der Waals surface area contributed by atoms with Crippen molar-refractivity contribution in [2.24, 2.45) is 0 Å². The van der Waals surface area contributed by atoms with E-state index in [0.717, 1.165) is 6.54 Å². The van der Waals surface area contributed by atoms with Crippen LogP contribution in [-0.2, 0) is 4.43 Å². The first-order chi connectivity index (χ1) is 6.92. The van der Waals surface area contributed by atoms with E-state index in [2.05, 4.69) is 65.0 Å². The molecule has 0 unspecified atom stereocenters. The summed E-state index contributed by atoms with van der Waals surface area (Å²) < 4.78 is 8.54. The fraction of sp³-hybridized carbons (Fsp3) is 0.917. The van der Waals surface area contributed by atoms with Crippen LogP contribution in [0.1, 0.15) is 27.7 Å². The number of nitrogens with zero attached hydrogens (tertiary/aromatic N) is 1. The zero-order valence-corrected chi connectivity index (χ0v) is 14.6. The minimum Gasteiger partial charge on any atom is -0.398 e. The second-order valence-corrected chi connectivity index (χ2v) is 16.6. The number of rotatable bonds is 5. The van der Waals surface area contributed by atoms with Crippen molar-refractivity contribution in [2.75, 3.05) is 6.54 Å². The molecule has 0 fully saturated rings. The van der Waals surface area contributed by atoms with Gasteiger partial charge in [-0.3, -0.25) is 4.57 Å². The van der Waals surface area contributed by atoms with Gasteiger partial charge in [0, 0.05) is 0 Å². The molecule has 0 saturated heterocycles.